The first-order valence-electron chi connectivity index (χ1n) is 8.03. The standard InChI is InChI=1S/C22H19NO2/c24-21(19-13-7-5-8-14-19)17-11-3-1-2-4-12-18-22(25)23-20-15-9-6-10-16-20/h1,3,5-11,13-17H,2,4H2,(H,23,25)/b3-1+,17-11+. The van der Waals surface area contributed by atoms with Crippen LogP contribution in [0.15, 0.2) is 85.0 Å². The summed E-state index contributed by atoms with van der Waals surface area (Å²) in [5, 5.41) is 2.70. The SMILES string of the molecule is O=C(C#CCC/C=C/C=C/C(=O)c1ccccc1)Nc1ccccc1. The van der Waals surface area contributed by atoms with Crippen LogP contribution in [0.2, 0.25) is 0 Å². The average Bonchev–Trinajstić information content (AvgIpc) is 2.65. The molecule has 1 N–H and O–H groups in total. The minimum Gasteiger partial charge on any atom is -0.315 e. The molecule has 0 unspecified atom stereocenters. The number of para-hydroxylation sites is 1. The van der Waals surface area contributed by atoms with E-state index in [0.717, 1.165) is 12.1 Å². The van der Waals surface area contributed by atoms with Crippen molar-refractivity contribution in [1.29, 1.82) is 0 Å². The number of nitrogens with one attached hydrogen (secondary N) is 1. The third-order valence-electron chi connectivity index (χ3n) is 3.22. The molecule has 0 bridgehead atoms. The van der Waals surface area contributed by atoms with Gasteiger partial charge in [0.05, 0.1) is 0 Å². The van der Waals surface area contributed by atoms with Crippen LogP contribution >= 0.6 is 0 Å². The quantitative estimate of drug-likeness (QED) is 0.281. The van der Waals surface area contributed by atoms with Gasteiger partial charge in [0.25, 0.3) is 5.91 Å². The highest BCUT2D eigenvalue weighted by atomic mass is 16.1. The lowest BCUT2D eigenvalue weighted by atomic mass is 10.1. The van der Waals surface area contributed by atoms with E-state index in [9.17, 15) is 9.59 Å². The molecule has 2 rings (SSSR count). The summed E-state index contributed by atoms with van der Waals surface area (Å²) in [6, 6.07) is 18.3. The lowest BCUT2D eigenvalue weighted by molar-refractivity contribution is -0.111. The molecule has 0 aliphatic heterocycles. The van der Waals surface area contributed by atoms with Gasteiger partial charge in [-0.05, 0) is 30.6 Å². The van der Waals surface area contributed by atoms with Crippen molar-refractivity contribution in [2.45, 2.75) is 12.8 Å². The molecule has 0 radical (unpaired) electrons. The lowest BCUT2D eigenvalue weighted by Crippen LogP contribution is -2.07. The van der Waals surface area contributed by atoms with Crippen LogP contribution in [-0.2, 0) is 4.79 Å². The second-order valence-electron chi connectivity index (χ2n) is 5.18. The Labute approximate surface area is 148 Å². The normalized spacial score (nSPS) is 10.4. The second-order valence-corrected chi connectivity index (χ2v) is 5.18. The highest BCUT2D eigenvalue weighted by Crippen LogP contribution is 2.04. The number of rotatable bonds is 6. The fourth-order valence-electron chi connectivity index (χ4n) is 2.00. The van der Waals surface area contributed by atoms with E-state index in [1.54, 1.807) is 18.2 Å². The van der Waals surface area contributed by atoms with E-state index in [1.165, 1.54) is 6.08 Å². The summed E-state index contributed by atoms with van der Waals surface area (Å²) in [6.07, 6.45) is 8.27. The molecule has 0 atom stereocenters. The Morgan fingerprint density at radius 2 is 1.60 bits per heavy atom. The van der Waals surface area contributed by atoms with Gasteiger partial charge in [-0.15, -0.1) is 0 Å². The minimum atomic E-state index is -0.316. The second kappa shape index (κ2) is 10.4. The van der Waals surface area contributed by atoms with Crippen molar-refractivity contribution in [1.82, 2.24) is 0 Å². The molecule has 0 saturated heterocycles. The first-order valence-corrected chi connectivity index (χ1v) is 8.03. The van der Waals surface area contributed by atoms with Crippen LogP contribution in [0.25, 0.3) is 0 Å². The predicted octanol–water partition coefficient (Wildman–Crippen LogP) is 4.40. The van der Waals surface area contributed by atoms with Crippen molar-refractivity contribution in [2.75, 3.05) is 5.32 Å². The molecule has 0 spiro atoms. The van der Waals surface area contributed by atoms with Crippen LogP contribution in [0, 0.1) is 11.8 Å². The predicted molar refractivity (Wildman–Crippen MR) is 101 cm³/mol. The van der Waals surface area contributed by atoms with E-state index in [4.69, 9.17) is 0 Å². The van der Waals surface area contributed by atoms with Gasteiger partial charge in [0.2, 0.25) is 0 Å². The molecule has 1 amide bonds. The zero-order valence-electron chi connectivity index (χ0n) is 13.8. The number of unbranched alkanes of at least 4 members (excludes halogenated alkanes) is 1. The highest BCUT2D eigenvalue weighted by Gasteiger charge is 1.97. The molecule has 0 saturated carbocycles. The minimum absolute atomic E-state index is 0.0253. The van der Waals surface area contributed by atoms with Gasteiger partial charge in [-0.25, -0.2) is 0 Å². The number of amides is 1. The number of benzene rings is 2. The molecular formula is C22H19NO2. The summed E-state index contributed by atoms with van der Waals surface area (Å²) >= 11 is 0. The van der Waals surface area contributed by atoms with Crippen molar-refractivity contribution >= 4 is 17.4 Å². The molecule has 0 fully saturated rings. The Kier molecular flexibility index (Phi) is 7.48. The van der Waals surface area contributed by atoms with Gasteiger partial charge < -0.3 is 5.32 Å². The number of carbonyl (C=O) groups is 2. The van der Waals surface area contributed by atoms with E-state index in [-0.39, 0.29) is 11.7 Å². The number of anilines is 1. The third-order valence-corrected chi connectivity index (χ3v) is 3.22. The monoisotopic (exact) mass is 329 g/mol. The van der Waals surface area contributed by atoms with Crippen LogP contribution in [0.1, 0.15) is 23.2 Å². The maximum Gasteiger partial charge on any atom is 0.300 e. The largest absolute Gasteiger partial charge is 0.315 e. The van der Waals surface area contributed by atoms with Crippen molar-refractivity contribution in [3.63, 3.8) is 0 Å². The molecule has 2 aromatic carbocycles. The highest BCUT2D eigenvalue weighted by molar-refractivity contribution is 6.04. The van der Waals surface area contributed by atoms with Gasteiger partial charge in [0.1, 0.15) is 0 Å². The number of hydrogen-bond acceptors (Lipinski definition) is 2. The van der Waals surface area contributed by atoms with Crippen LogP contribution in [0.4, 0.5) is 5.69 Å². The van der Waals surface area contributed by atoms with Crippen LogP contribution in [0.3, 0.4) is 0 Å². The van der Waals surface area contributed by atoms with E-state index in [1.807, 2.05) is 60.7 Å². The van der Waals surface area contributed by atoms with E-state index < -0.39 is 0 Å². The zero-order chi connectivity index (χ0) is 17.7. The molecule has 25 heavy (non-hydrogen) atoms. The molecule has 0 aliphatic carbocycles. The number of allylic oxidation sites excluding steroid dienone is 4. The molecule has 2 aromatic rings. The Balaban J connectivity index is 1.67. The van der Waals surface area contributed by atoms with Crippen LogP contribution in [0.5, 0.6) is 0 Å². The molecule has 3 nitrogen and oxygen atoms in total. The lowest BCUT2D eigenvalue weighted by Gasteiger charge is -1.98. The summed E-state index contributed by atoms with van der Waals surface area (Å²) in [4.78, 5) is 23.4. The van der Waals surface area contributed by atoms with Gasteiger partial charge in [0, 0.05) is 17.7 Å². The van der Waals surface area contributed by atoms with Gasteiger partial charge in [-0.2, -0.15) is 0 Å². The van der Waals surface area contributed by atoms with Crippen molar-refractivity contribution in [3.05, 3.63) is 90.5 Å². The number of hydrogen-bond donors (Lipinski definition) is 1. The average molecular weight is 329 g/mol. The van der Waals surface area contributed by atoms with Crippen molar-refractivity contribution in [2.24, 2.45) is 0 Å². The summed E-state index contributed by atoms with van der Waals surface area (Å²) < 4.78 is 0. The van der Waals surface area contributed by atoms with Crippen LogP contribution in [-0.4, -0.2) is 11.7 Å². The first kappa shape index (κ1) is 18.0. The maximum absolute atomic E-state index is 11.8. The molecule has 0 heterocycles. The van der Waals surface area contributed by atoms with E-state index >= 15 is 0 Å². The Hall–Kier alpha value is -3.38. The van der Waals surface area contributed by atoms with Gasteiger partial charge in [0.15, 0.2) is 5.78 Å². The summed E-state index contributed by atoms with van der Waals surface area (Å²) in [7, 11) is 0. The fourth-order valence-corrected chi connectivity index (χ4v) is 2.00. The number of carbonyl (C=O) groups excluding carboxylic acids is 2. The summed E-state index contributed by atoms with van der Waals surface area (Å²) in [6.45, 7) is 0. The molecular weight excluding hydrogens is 310 g/mol. The molecule has 0 aromatic heterocycles. The van der Waals surface area contributed by atoms with E-state index in [0.29, 0.717) is 12.0 Å². The van der Waals surface area contributed by atoms with Crippen LogP contribution < -0.4 is 5.32 Å². The Morgan fingerprint density at radius 1 is 0.920 bits per heavy atom. The summed E-state index contributed by atoms with van der Waals surface area (Å²) in [5.41, 5.74) is 1.40. The zero-order valence-corrected chi connectivity index (χ0v) is 13.8. The maximum atomic E-state index is 11.8. The Morgan fingerprint density at radius 3 is 2.32 bits per heavy atom. The smallest absolute Gasteiger partial charge is 0.300 e. The summed E-state index contributed by atoms with van der Waals surface area (Å²) in [5.74, 6) is 5.04. The van der Waals surface area contributed by atoms with Gasteiger partial charge in [-0.1, -0.05) is 72.7 Å². The number of ketones is 1. The van der Waals surface area contributed by atoms with Crippen molar-refractivity contribution in [3.8, 4) is 11.8 Å². The van der Waals surface area contributed by atoms with E-state index in [2.05, 4.69) is 17.2 Å². The fraction of sp³-hybridized carbons (Fsp3) is 0.0909. The van der Waals surface area contributed by atoms with Crippen molar-refractivity contribution < 1.29 is 9.59 Å². The van der Waals surface area contributed by atoms with Gasteiger partial charge >= 0.3 is 0 Å². The Bertz CT molecular complexity index is 809. The molecule has 124 valence electrons. The van der Waals surface area contributed by atoms with Gasteiger partial charge in [-0.3, -0.25) is 9.59 Å². The first-order chi connectivity index (χ1) is 12.3. The molecule has 3 heteroatoms. The molecule has 0 aliphatic rings. The topological polar surface area (TPSA) is 46.2 Å². The third kappa shape index (κ3) is 7.15.